The van der Waals surface area contributed by atoms with Crippen molar-refractivity contribution in [1.82, 2.24) is 4.90 Å². The van der Waals surface area contributed by atoms with Gasteiger partial charge in [0.15, 0.2) is 0 Å². The van der Waals surface area contributed by atoms with Gasteiger partial charge in [0.2, 0.25) is 5.91 Å². The molecule has 1 aliphatic heterocycles. The molecule has 1 aliphatic rings. The summed E-state index contributed by atoms with van der Waals surface area (Å²) in [5, 5.41) is 0. The Bertz CT molecular complexity index is 852. The third kappa shape index (κ3) is 4.14. The summed E-state index contributed by atoms with van der Waals surface area (Å²) in [5.41, 5.74) is 7.42. The molecule has 2 amide bonds. The third-order valence-corrected chi connectivity index (χ3v) is 4.75. The average Bonchev–Trinajstić information content (AvgIpc) is 3.07. The van der Waals surface area contributed by atoms with Gasteiger partial charge in [0.25, 0.3) is 5.91 Å². The van der Waals surface area contributed by atoms with Gasteiger partial charge in [-0.1, -0.05) is 6.07 Å². The van der Waals surface area contributed by atoms with E-state index in [1.54, 1.807) is 68.6 Å². The number of ether oxygens (including phenoxy) is 2. The second-order valence-corrected chi connectivity index (χ2v) is 6.41. The molecule has 0 aliphatic carbocycles. The number of nitrogen functional groups attached to an aromatic ring is 1. The second-order valence-electron chi connectivity index (χ2n) is 6.41. The van der Waals surface area contributed by atoms with Gasteiger partial charge in [-0.05, 0) is 24.6 Å². The maximum absolute atomic E-state index is 13.0. The molecule has 2 aromatic carbocycles. The van der Waals surface area contributed by atoms with Crippen LogP contribution in [0.4, 0.5) is 11.4 Å². The van der Waals surface area contributed by atoms with E-state index in [-0.39, 0.29) is 24.2 Å². The number of nitrogens with zero attached hydrogens (tertiary/aromatic N) is 2. The first-order chi connectivity index (χ1) is 12.9. The van der Waals surface area contributed by atoms with Crippen LogP contribution < -0.4 is 20.1 Å². The van der Waals surface area contributed by atoms with Crippen LogP contribution in [0.2, 0.25) is 0 Å². The van der Waals surface area contributed by atoms with Gasteiger partial charge in [0, 0.05) is 43.0 Å². The number of rotatable bonds is 5. The molecule has 8 heteroatoms. The molecule has 150 valence electrons. The highest BCUT2D eigenvalue weighted by molar-refractivity contribution is 6.04. The molecule has 0 saturated carbocycles. The Balaban J connectivity index is 0.00000280. The first-order valence-electron chi connectivity index (χ1n) is 8.61. The van der Waals surface area contributed by atoms with Gasteiger partial charge in [-0.15, -0.1) is 12.4 Å². The quantitative estimate of drug-likeness (QED) is 0.773. The van der Waals surface area contributed by atoms with Gasteiger partial charge >= 0.3 is 0 Å². The summed E-state index contributed by atoms with van der Waals surface area (Å²) in [4.78, 5) is 28.8. The van der Waals surface area contributed by atoms with Gasteiger partial charge in [0.1, 0.15) is 17.5 Å². The van der Waals surface area contributed by atoms with E-state index >= 15 is 0 Å². The van der Waals surface area contributed by atoms with Crippen molar-refractivity contribution in [3.63, 3.8) is 0 Å². The number of carbonyl (C=O) groups is 2. The molecule has 1 saturated heterocycles. The predicted molar refractivity (Wildman–Crippen MR) is 110 cm³/mol. The first kappa shape index (κ1) is 21.4. The zero-order valence-corrected chi connectivity index (χ0v) is 16.9. The fraction of sp³-hybridized carbons (Fsp3) is 0.300. The standard InChI is InChI=1S/C20H23N3O4.ClH/c1-22(19(24)13-5-4-6-14(21)9-13)18-7-8-23(20(18)25)15-10-16(26-2)12-17(11-15)27-3;/h4-6,9-12,18H,7-8,21H2,1-3H3;1H. The van der Waals surface area contributed by atoms with Gasteiger partial charge in [-0.2, -0.15) is 0 Å². The van der Waals surface area contributed by atoms with E-state index < -0.39 is 6.04 Å². The van der Waals surface area contributed by atoms with Crippen molar-refractivity contribution in [3.05, 3.63) is 48.0 Å². The van der Waals surface area contributed by atoms with Crippen molar-refractivity contribution in [2.45, 2.75) is 12.5 Å². The van der Waals surface area contributed by atoms with E-state index in [0.717, 1.165) is 0 Å². The fourth-order valence-corrected chi connectivity index (χ4v) is 3.25. The van der Waals surface area contributed by atoms with Crippen LogP contribution in [0, 0.1) is 0 Å². The summed E-state index contributed by atoms with van der Waals surface area (Å²) in [5.74, 6) is 0.838. The lowest BCUT2D eigenvalue weighted by molar-refractivity contribution is -0.120. The number of anilines is 2. The van der Waals surface area contributed by atoms with Crippen LogP contribution in [0.5, 0.6) is 11.5 Å². The summed E-state index contributed by atoms with van der Waals surface area (Å²) in [7, 11) is 4.76. The molecule has 28 heavy (non-hydrogen) atoms. The molecule has 1 heterocycles. The van der Waals surface area contributed by atoms with E-state index in [1.165, 1.54) is 4.90 Å². The van der Waals surface area contributed by atoms with E-state index in [9.17, 15) is 9.59 Å². The summed E-state index contributed by atoms with van der Waals surface area (Å²) in [6, 6.07) is 11.5. The molecule has 2 N–H and O–H groups in total. The first-order valence-corrected chi connectivity index (χ1v) is 8.61. The minimum atomic E-state index is -0.531. The lowest BCUT2D eigenvalue weighted by Gasteiger charge is -2.24. The number of hydrogen-bond acceptors (Lipinski definition) is 5. The van der Waals surface area contributed by atoms with Crippen molar-refractivity contribution in [2.24, 2.45) is 0 Å². The summed E-state index contributed by atoms with van der Waals surface area (Å²) in [6.45, 7) is 0.508. The lowest BCUT2D eigenvalue weighted by atomic mass is 10.1. The Morgan fingerprint density at radius 2 is 1.79 bits per heavy atom. The molecule has 0 spiro atoms. The summed E-state index contributed by atoms with van der Waals surface area (Å²) >= 11 is 0. The van der Waals surface area contributed by atoms with Crippen molar-refractivity contribution in [1.29, 1.82) is 0 Å². The van der Waals surface area contributed by atoms with Gasteiger partial charge in [-0.3, -0.25) is 9.59 Å². The minimum Gasteiger partial charge on any atom is -0.497 e. The number of carbonyl (C=O) groups excluding carboxylic acids is 2. The Hall–Kier alpha value is -2.93. The molecule has 1 fully saturated rings. The fourth-order valence-electron chi connectivity index (χ4n) is 3.25. The maximum atomic E-state index is 13.0. The molecule has 3 rings (SSSR count). The predicted octanol–water partition coefficient (Wildman–Crippen LogP) is 2.59. The van der Waals surface area contributed by atoms with Gasteiger partial charge < -0.3 is 25.0 Å². The normalized spacial score (nSPS) is 15.8. The Morgan fingerprint density at radius 3 is 2.36 bits per heavy atom. The van der Waals surface area contributed by atoms with Crippen LogP contribution in [0.3, 0.4) is 0 Å². The number of methoxy groups -OCH3 is 2. The maximum Gasteiger partial charge on any atom is 0.254 e. The molecule has 0 radical (unpaired) electrons. The summed E-state index contributed by atoms with van der Waals surface area (Å²) < 4.78 is 10.6. The third-order valence-electron chi connectivity index (χ3n) is 4.75. The largest absolute Gasteiger partial charge is 0.497 e. The Kier molecular flexibility index (Phi) is 6.75. The topological polar surface area (TPSA) is 85.1 Å². The van der Waals surface area contributed by atoms with Crippen LogP contribution in [0.15, 0.2) is 42.5 Å². The molecular formula is C20H24ClN3O4. The zero-order valence-electron chi connectivity index (χ0n) is 16.0. The lowest BCUT2D eigenvalue weighted by Crippen LogP contribution is -2.43. The van der Waals surface area contributed by atoms with Gasteiger partial charge in [-0.25, -0.2) is 0 Å². The molecule has 1 atom stereocenters. The summed E-state index contributed by atoms with van der Waals surface area (Å²) in [6.07, 6.45) is 0.545. The average molecular weight is 406 g/mol. The van der Waals surface area contributed by atoms with Crippen LogP contribution in [-0.4, -0.2) is 50.6 Å². The van der Waals surface area contributed by atoms with E-state index in [1.807, 2.05) is 0 Å². The number of halogens is 1. The monoisotopic (exact) mass is 405 g/mol. The highest BCUT2D eigenvalue weighted by Crippen LogP contribution is 2.32. The molecular weight excluding hydrogens is 382 g/mol. The van der Waals surface area contributed by atoms with Crippen LogP contribution in [-0.2, 0) is 4.79 Å². The molecule has 7 nitrogen and oxygen atoms in total. The minimum absolute atomic E-state index is 0. The highest BCUT2D eigenvalue weighted by atomic mass is 35.5. The van der Waals surface area contributed by atoms with Crippen LogP contribution >= 0.6 is 12.4 Å². The van der Waals surface area contributed by atoms with Crippen molar-refractivity contribution in [3.8, 4) is 11.5 Å². The molecule has 2 aromatic rings. The smallest absolute Gasteiger partial charge is 0.254 e. The van der Waals surface area contributed by atoms with E-state index in [2.05, 4.69) is 0 Å². The van der Waals surface area contributed by atoms with Crippen LogP contribution in [0.1, 0.15) is 16.8 Å². The number of hydrogen-bond donors (Lipinski definition) is 1. The second kappa shape index (κ2) is 8.84. The number of nitrogens with two attached hydrogens (primary N) is 1. The molecule has 0 aromatic heterocycles. The van der Waals surface area contributed by atoms with Crippen molar-refractivity contribution in [2.75, 3.05) is 38.4 Å². The number of amides is 2. The van der Waals surface area contributed by atoms with Crippen molar-refractivity contribution >= 4 is 35.6 Å². The van der Waals surface area contributed by atoms with E-state index in [0.29, 0.717) is 41.4 Å². The molecule has 1 unspecified atom stereocenters. The number of benzene rings is 2. The highest BCUT2D eigenvalue weighted by Gasteiger charge is 2.37. The van der Waals surface area contributed by atoms with Crippen molar-refractivity contribution < 1.29 is 19.1 Å². The van der Waals surface area contributed by atoms with Gasteiger partial charge in [0.05, 0.1) is 19.9 Å². The Labute approximate surface area is 170 Å². The molecule has 0 bridgehead atoms. The van der Waals surface area contributed by atoms with E-state index in [4.69, 9.17) is 15.2 Å². The number of likely N-dealkylation sites (N-methyl/N-ethyl adjacent to an activating group) is 1. The van der Waals surface area contributed by atoms with Crippen LogP contribution in [0.25, 0.3) is 0 Å². The Morgan fingerprint density at radius 1 is 1.14 bits per heavy atom. The SMILES string of the molecule is COc1cc(OC)cc(N2CCC(N(C)C(=O)c3cccc(N)c3)C2=O)c1.Cl. The zero-order chi connectivity index (χ0) is 19.6.